The summed E-state index contributed by atoms with van der Waals surface area (Å²) in [6.45, 7) is 5.20. The molecule has 0 aliphatic carbocycles. The minimum absolute atomic E-state index is 0.0642. The summed E-state index contributed by atoms with van der Waals surface area (Å²) in [4.78, 5) is 0. The van der Waals surface area contributed by atoms with Crippen LogP contribution in [0.1, 0.15) is 38.7 Å². The molecule has 6 nitrogen and oxygen atoms in total. The van der Waals surface area contributed by atoms with Crippen LogP contribution in [0.5, 0.6) is 0 Å². The van der Waals surface area contributed by atoms with Gasteiger partial charge in [0.1, 0.15) is 0 Å². The predicted molar refractivity (Wildman–Crippen MR) is 83.9 cm³/mol. The minimum Gasteiger partial charge on any atom is -0.409 e. The first-order chi connectivity index (χ1) is 9.74. The minimum atomic E-state index is -3.58. The molecule has 0 aromatic heterocycles. The Bertz CT molecular complexity index is 587. The van der Waals surface area contributed by atoms with E-state index in [1.54, 1.807) is 13.8 Å². The predicted octanol–water partition coefficient (Wildman–Crippen LogP) is 1.62. The smallest absolute Gasteiger partial charge is 0.213 e. The first kappa shape index (κ1) is 17.5. The van der Waals surface area contributed by atoms with Gasteiger partial charge in [-0.3, -0.25) is 0 Å². The number of sulfonamides is 1. The lowest BCUT2D eigenvalue weighted by Crippen LogP contribution is -2.55. The molecule has 0 amide bonds. The number of hydrogen-bond acceptors (Lipinski definition) is 4. The fourth-order valence-electron chi connectivity index (χ4n) is 2.01. The van der Waals surface area contributed by atoms with Crippen molar-refractivity contribution in [3.63, 3.8) is 0 Å². The first-order valence-corrected chi connectivity index (χ1v) is 8.44. The summed E-state index contributed by atoms with van der Waals surface area (Å²) < 4.78 is 27.1. The van der Waals surface area contributed by atoms with Crippen LogP contribution in [0.3, 0.4) is 0 Å². The van der Waals surface area contributed by atoms with Gasteiger partial charge in [0.2, 0.25) is 10.0 Å². The summed E-state index contributed by atoms with van der Waals surface area (Å²) in [5.74, 6) is -0.372. The summed E-state index contributed by atoms with van der Waals surface area (Å²) in [5.41, 5.74) is 5.44. The molecule has 0 heterocycles. The average molecular weight is 313 g/mol. The van der Waals surface area contributed by atoms with E-state index in [1.807, 2.05) is 37.3 Å². The van der Waals surface area contributed by atoms with Gasteiger partial charge in [-0.2, -0.15) is 0 Å². The van der Waals surface area contributed by atoms with Gasteiger partial charge in [-0.15, -0.1) is 0 Å². The van der Waals surface area contributed by atoms with Crippen LogP contribution in [-0.2, 0) is 10.0 Å². The summed E-state index contributed by atoms with van der Waals surface area (Å²) >= 11 is 0. The lowest BCUT2D eigenvalue weighted by molar-refractivity contribution is 0.310. The van der Waals surface area contributed by atoms with E-state index in [0.29, 0.717) is 6.42 Å². The Hall–Kier alpha value is -1.60. The maximum atomic E-state index is 12.3. The van der Waals surface area contributed by atoms with E-state index in [1.165, 1.54) is 0 Å². The number of nitrogens with one attached hydrogen (secondary N) is 1. The van der Waals surface area contributed by atoms with Gasteiger partial charge in [-0.25, -0.2) is 13.1 Å². The van der Waals surface area contributed by atoms with Crippen LogP contribution in [0.25, 0.3) is 0 Å². The van der Waals surface area contributed by atoms with Gasteiger partial charge >= 0.3 is 0 Å². The van der Waals surface area contributed by atoms with Crippen LogP contribution in [0.15, 0.2) is 35.5 Å². The van der Waals surface area contributed by atoms with Gasteiger partial charge < -0.3 is 10.9 Å². The second-order valence-electron chi connectivity index (χ2n) is 5.37. The first-order valence-electron chi connectivity index (χ1n) is 6.78. The largest absolute Gasteiger partial charge is 0.409 e. The van der Waals surface area contributed by atoms with Crippen LogP contribution in [0.2, 0.25) is 0 Å². The van der Waals surface area contributed by atoms with E-state index in [9.17, 15) is 8.42 Å². The van der Waals surface area contributed by atoms with Gasteiger partial charge in [0.25, 0.3) is 0 Å². The number of rotatable bonds is 7. The lowest BCUT2D eigenvalue weighted by Gasteiger charge is -2.28. The third kappa shape index (κ3) is 4.71. The van der Waals surface area contributed by atoms with Crippen molar-refractivity contribution in [2.24, 2.45) is 10.9 Å². The molecule has 2 atom stereocenters. The number of amidine groups is 1. The Morgan fingerprint density at radius 1 is 1.43 bits per heavy atom. The number of nitrogens with two attached hydrogens (primary N) is 1. The molecule has 4 N–H and O–H groups in total. The van der Waals surface area contributed by atoms with Crippen molar-refractivity contribution in [2.75, 3.05) is 5.75 Å². The number of nitrogens with zero attached hydrogens (tertiary/aromatic N) is 1. The van der Waals surface area contributed by atoms with Crippen molar-refractivity contribution >= 4 is 15.9 Å². The van der Waals surface area contributed by atoms with Crippen LogP contribution < -0.4 is 10.5 Å². The summed E-state index contributed by atoms with van der Waals surface area (Å²) in [7, 11) is -3.58. The summed E-state index contributed by atoms with van der Waals surface area (Å²) in [6.07, 6.45) is 0.377. The van der Waals surface area contributed by atoms with Gasteiger partial charge in [0.15, 0.2) is 5.84 Å². The van der Waals surface area contributed by atoms with E-state index in [-0.39, 0.29) is 17.5 Å². The maximum Gasteiger partial charge on any atom is 0.213 e. The molecule has 0 saturated carbocycles. The maximum absolute atomic E-state index is 12.3. The molecule has 0 aliphatic heterocycles. The Kier molecular flexibility index (Phi) is 5.74. The molecule has 0 bridgehead atoms. The Morgan fingerprint density at radius 2 is 2.00 bits per heavy atom. The van der Waals surface area contributed by atoms with E-state index in [2.05, 4.69) is 9.88 Å². The topological polar surface area (TPSA) is 105 Å². The van der Waals surface area contributed by atoms with Gasteiger partial charge in [0.05, 0.1) is 11.3 Å². The van der Waals surface area contributed by atoms with Crippen molar-refractivity contribution in [3.05, 3.63) is 35.9 Å². The van der Waals surface area contributed by atoms with Crippen LogP contribution in [0.4, 0.5) is 0 Å². The average Bonchev–Trinajstić information content (AvgIpc) is 2.46. The fraction of sp³-hybridized carbons (Fsp3) is 0.500. The van der Waals surface area contributed by atoms with Crippen molar-refractivity contribution in [1.29, 1.82) is 0 Å². The molecule has 0 saturated heterocycles. The Labute approximate surface area is 126 Å². The SMILES string of the molecule is CCC(C)(NS(=O)(=O)CC(C)c1ccccc1)/C(N)=N/O. The normalized spacial score (nSPS) is 17.2. The second kappa shape index (κ2) is 6.91. The highest BCUT2D eigenvalue weighted by Gasteiger charge is 2.33. The zero-order valence-corrected chi connectivity index (χ0v) is 13.4. The standard InChI is InChI=1S/C14H23N3O3S/c1-4-14(3,13(15)16-18)17-21(19,20)10-11(2)12-8-6-5-7-9-12/h5-9,11,17-18H,4,10H2,1-3H3,(H2,15,16). The highest BCUT2D eigenvalue weighted by molar-refractivity contribution is 7.89. The molecule has 0 spiro atoms. The van der Waals surface area contributed by atoms with E-state index < -0.39 is 15.6 Å². The Balaban J connectivity index is 2.87. The third-order valence-corrected chi connectivity index (χ3v) is 5.30. The molecular formula is C14H23N3O3S. The van der Waals surface area contributed by atoms with Gasteiger partial charge in [-0.05, 0) is 24.8 Å². The molecule has 21 heavy (non-hydrogen) atoms. The van der Waals surface area contributed by atoms with E-state index in [4.69, 9.17) is 10.9 Å². The molecule has 1 aromatic rings. The van der Waals surface area contributed by atoms with Crippen LogP contribution in [0, 0.1) is 0 Å². The molecular weight excluding hydrogens is 290 g/mol. The van der Waals surface area contributed by atoms with E-state index in [0.717, 1.165) is 5.56 Å². The molecule has 2 unspecified atom stereocenters. The van der Waals surface area contributed by atoms with Crippen LogP contribution in [-0.4, -0.2) is 30.8 Å². The molecule has 1 rings (SSSR count). The van der Waals surface area contributed by atoms with Gasteiger partial charge in [-0.1, -0.05) is 49.3 Å². The third-order valence-electron chi connectivity index (χ3n) is 3.60. The fourth-order valence-corrected chi connectivity index (χ4v) is 3.88. The zero-order chi connectivity index (χ0) is 16.1. The quantitative estimate of drug-likeness (QED) is 0.308. The van der Waals surface area contributed by atoms with Crippen molar-refractivity contribution < 1.29 is 13.6 Å². The van der Waals surface area contributed by atoms with Gasteiger partial charge in [0, 0.05) is 0 Å². The molecule has 0 aliphatic rings. The molecule has 118 valence electrons. The molecule has 1 aromatic carbocycles. The van der Waals surface area contributed by atoms with E-state index >= 15 is 0 Å². The second-order valence-corrected chi connectivity index (χ2v) is 7.13. The summed E-state index contributed by atoms with van der Waals surface area (Å²) in [5, 5.41) is 11.7. The van der Waals surface area contributed by atoms with Crippen molar-refractivity contribution in [2.45, 2.75) is 38.6 Å². The number of hydrogen-bond donors (Lipinski definition) is 3. The van der Waals surface area contributed by atoms with Crippen LogP contribution >= 0.6 is 0 Å². The lowest BCUT2D eigenvalue weighted by atomic mass is 10.00. The highest BCUT2D eigenvalue weighted by atomic mass is 32.2. The zero-order valence-electron chi connectivity index (χ0n) is 12.6. The molecule has 0 radical (unpaired) electrons. The molecule has 0 fully saturated rings. The molecule has 7 heteroatoms. The number of oxime groups is 1. The Morgan fingerprint density at radius 3 is 2.48 bits per heavy atom. The van der Waals surface area contributed by atoms with Crippen molar-refractivity contribution in [1.82, 2.24) is 4.72 Å². The number of benzene rings is 1. The highest BCUT2D eigenvalue weighted by Crippen LogP contribution is 2.18. The monoisotopic (exact) mass is 313 g/mol. The van der Waals surface area contributed by atoms with Crippen molar-refractivity contribution in [3.8, 4) is 0 Å². The summed E-state index contributed by atoms with van der Waals surface area (Å²) in [6, 6.07) is 9.41.